The number of nitrogens with zero attached hydrogens (tertiary/aromatic N) is 1. The number of aromatic amines is 1. The molecule has 1 aliphatic heterocycles. The van der Waals surface area contributed by atoms with Gasteiger partial charge in [-0.05, 0) is 13.0 Å². The Bertz CT molecular complexity index is 1120. The summed E-state index contributed by atoms with van der Waals surface area (Å²) >= 11 is 0. The number of phosphoric ester groups is 1. The summed E-state index contributed by atoms with van der Waals surface area (Å²) in [6.07, 6.45) is 0.342. The number of aromatic nitrogens is 2. The van der Waals surface area contributed by atoms with E-state index < -0.39 is 72.2 Å². The van der Waals surface area contributed by atoms with Crippen molar-refractivity contribution in [1.29, 1.82) is 0 Å². The zero-order valence-electron chi connectivity index (χ0n) is 20.4. The monoisotopic (exact) mass is 498 g/mol. The molecular formula is C22H31N2O9P-2. The van der Waals surface area contributed by atoms with Crippen LogP contribution in [0.4, 0.5) is 0 Å². The van der Waals surface area contributed by atoms with Gasteiger partial charge in [0.15, 0.2) is 6.23 Å². The summed E-state index contributed by atoms with van der Waals surface area (Å²) in [6.45, 7) is 11.1. The Morgan fingerprint density at radius 1 is 1.06 bits per heavy atom. The SMILES string of the molecule is Cc1cn(C2C=CC(C(CC(=O)C(C)(C)C)(CC(=O)C(C)(C)C)OP(=O)([O-])[O-])O2)c(=O)[nH]c1=O. The highest BCUT2D eigenvalue weighted by Gasteiger charge is 2.49. The Morgan fingerprint density at radius 2 is 1.56 bits per heavy atom. The highest BCUT2D eigenvalue weighted by Crippen LogP contribution is 2.45. The molecule has 1 aromatic rings. The molecule has 0 bridgehead atoms. The molecule has 0 aliphatic carbocycles. The first-order valence-corrected chi connectivity index (χ1v) is 12.2. The molecule has 1 aliphatic rings. The van der Waals surface area contributed by atoms with Crippen LogP contribution in [0.3, 0.4) is 0 Å². The van der Waals surface area contributed by atoms with E-state index in [-0.39, 0.29) is 5.56 Å². The predicted octanol–water partition coefficient (Wildman–Crippen LogP) is 0.893. The number of ether oxygens (including phenoxy) is 1. The van der Waals surface area contributed by atoms with E-state index in [1.165, 1.54) is 25.3 Å². The molecule has 0 aromatic carbocycles. The maximum atomic E-state index is 13.0. The Hall–Kier alpha value is -2.17. The second-order valence-corrected chi connectivity index (χ2v) is 11.7. The number of carbonyl (C=O) groups is 2. The number of nitrogens with one attached hydrogen (secondary N) is 1. The van der Waals surface area contributed by atoms with Gasteiger partial charge in [0.25, 0.3) is 5.56 Å². The van der Waals surface area contributed by atoms with E-state index in [0.717, 1.165) is 4.57 Å². The van der Waals surface area contributed by atoms with Crippen molar-refractivity contribution in [2.75, 3.05) is 0 Å². The topological polar surface area (TPSA) is 171 Å². The smallest absolute Gasteiger partial charge is 0.330 e. The predicted molar refractivity (Wildman–Crippen MR) is 119 cm³/mol. The van der Waals surface area contributed by atoms with Crippen LogP contribution in [0, 0.1) is 17.8 Å². The van der Waals surface area contributed by atoms with E-state index in [0.29, 0.717) is 0 Å². The fourth-order valence-electron chi connectivity index (χ4n) is 3.35. The number of Topliss-reactive ketones (excluding diaryl/α,β-unsaturated/α-hetero) is 2. The van der Waals surface area contributed by atoms with Gasteiger partial charge < -0.3 is 23.6 Å². The average molecular weight is 498 g/mol. The molecule has 0 radical (unpaired) electrons. The lowest BCUT2D eigenvalue weighted by Gasteiger charge is -2.46. The van der Waals surface area contributed by atoms with E-state index in [4.69, 9.17) is 9.26 Å². The van der Waals surface area contributed by atoms with E-state index >= 15 is 0 Å². The third-order valence-corrected chi connectivity index (χ3v) is 6.15. The van der Waals surface area contributed by atoms with Crippen LogP contribution in [0.25, 0.3) is 0 Å². The summed E-state index contributed by atoms with van der Waals surface area (Å²) in [5.74, 6) is -0.916. The van der Waals surface area contributed by atoms with Gasteiger partial charge >= 0.3 is 5.69 Å². The highest BCUT2D eigenvalue weighted by atomic mass is 31.2. The lowest BCUT2D eigenvalue weighted by Crippen LogP contribution is -2.51. The van der Waals surface area contributed by atoms with Gasteiger partial charge in [-0.2, -0.15) is 0 Å². The van der Waals surface area contributed by atoms with Crippen LogP contribution in [0.15, 0.2) is 27.9 Å². The van der Waals surface area contributed by atoms with Crippen molar-refractivity contribution in [1.82, 2.24) is 9.55 Å². The van der Waals surface area contributed by atoms with Crippen molar-refractivity contribution in [2.45, 2.75) is 79.2 Å². The summed E-state index contributed by atoms with van der Waals surface area (Å²) < 4.78 is 23.7. The minimum absolute atomic E-state index is 0.219. The summed E-state index contributed by atoms with van der Waals surface area (Å²) in [6, 6.07) is 0. The number of hydrogen-bond acceptors (Lipinski definition) is 9. The molecule has 190 valence electrons. The number of rotatable bonds is 8. The van der Waals surface area contributed by atoms with E-state index in [1.807, 2.05) is 0 Å². The average Bonchev–Trinajstić information content (AvgIpc) is 3.12. The van der Waals surface area contributed by atoms with Crippen LogP contribution in [-0.4, -0.2) is 32.8 Å². The summed E-state index contributed by atoms with van der Waals surface area (Å²) in [4.78, 5) is 75.7. The zero-order chi connectivity index (χ0) is 26.3. The second-order valence-electron chi connectivity index (χ2n) is 10.6. The fraction of sp³-hybridized carbons (Fsp3) is 0.636. The van der Waals surface area contributed by atoms with Crippen LogP contribution in [0.1, 0.15) is 66.2 Å². The van der Waals surface area contributed by atoms with Crippen LogP contribution >= 0.6 is 7.82 Å². The summed E-state index contributed by atoms with van der Waals surface area (Å²) in [7, 11) is -5.71. The van der Waals surface area contributed by atoms with Crippen molar-refractivity contribution in [3.8, 4) is 0 Å². The van der Waals surface area contributed by atoms with Gasteiger partial charge in [-0.15, -0.1) is 0 Å². The van der Waals surface area contributed by atoms with Crippen LogP contribution in [0.5, 0.6) is 0 Å². The van der Waals surface area contributed by atoms with Crippen molar-refractivity contribution < 1.29 is 33.2 Å². The molecule has 0 spiro atoms. The maximum Gasteiger partial charge on any atom is 0.330 e. The normalized spacial score (nSPS) is 19.4. The molecule has 2 unspecified atom stereocenters. The standard InChI is InChI=1S/C22H33N2O9P/c1-13-12-24(19(28)23-18(13)27)17-9-8-16(32-17)22(33-34(29,30)31,10-14(25)20(2,3)4)11-15(26)21(5,6)7/h8-9,12,16-17H,10-11H2,1-7H3,(H,23,27,28)(H2,29,30,31)/p-2. The van der Waals surface area contributed by atoms with Crippen molar-refractivity contribution in [2.24, 2.45) is 10.8 Å². The molecule has 0 saturated heterocycles. The molecule has 11 nitrogen and oxygen atoms in total. The third-order valence-electron chi connectivity index (χ3n) is 5.56. The molecule has 12 heteroatoms. The van der Waals surface area contributed by atoms with Crippen LogP contribution in [-0.2, 0) is 23.4 Å². The van der Waals surface area contributed by atoms with E-state index in [1.54, 1.807) is 41.5 Å². The van der Waals surface area contributed by atoms with Gasteiger partial charge in [0, 0.05) is 35.4 Å². The Balaban J connectivity index is 2.58. The largest absolute Gasteiger partial charge is 0.790 e. The minimum Gasteiger partial charge on any atom is -0.790 e. The van der Waals surface area contributed by atoms with Crippen molar-refractivity contribution in [3.05, 3.63) is 44.8 Å². The molecule has 0 amide bonds. The fourth-order valence-corrected chi connectivity index (χ4v) is 4.02. The van der Waals surface area contributed by atoms with Gasteiger partial charge in [0.2, 0.25) is 0 Å². The molecule has 34 heavy (non-hydrogen) atoms. The highest BCUT2D eigenvalue weighted by molar-refractivity contribution is 7.43. The maximum absolute atomic E-state index is 13.0. The van der Waals surface area contributed by atoms with Crippen LogP contribution < -0.4 is 21.0 Å². The van der Waals surface area contributed by atoms with Gasteiger partial charge in [-0.25, -0.2) is 4.79 Å². The zero-order valence-corrected chi connectivity index (χ0v) is 21.3. The summed E-state index contributed by atoms with van der Waals surface area (Å²) in [5.41, 5.74) is -5.19. The van der Waals surface area contributed by atoms with Crippen LogP contribution in [0.2, 0.25) is 0 Å². The number of aryl methyl sites for hydroxylation is 1. The Labute approximate surface area is 197 Å². The molecule has 1 N–H and O–H groups in total. The van der Waals surface area contributed by atoms with Gasteiger partial charge in [-0.1, -0.05) is 47.6 Å². The van der Waals surface area contributed by atoms with Crippen molar-refractivity contribution >= 4 is 19.4 Å². The Morgan fingerprint density at radius 3 is 2.00 bits per heavy atom. The lowest BCUT2D eigenvalue weighted by molar-refractivity contribution is -0.352. The van der Waals surface area contributed by atoms with Gasteiger partial charge in [0.1, 0.15) is 23.3 Å². The number of hydrogen-bond donors (Lipinski definition) is 1. The second kappa shape index (κ2) is 9.47. The summed E-state index contributed by atoms with van der Waals surface area (Å²) in [5, 5.41) is 0. The van der Waals surface area contributed by atoms with Crippen molar-refractivity contribution in [3.63, 3.8) is 0 Å². The first kappa shape index (κ1) is 28.1. The van der Waals surface area contributed by atoms with E-state index in [2.05, 4.69) is 4.98 Å². The van der Waals surface area contributed by atoms with Gasteiger partial charge in [-0.3, -0.25) is 23.9 Å². The lowest BCUT2D eigenvalue weighted by atomic mass is 9.75. The molecule has 0 fully saturated rings. The number of ketones is 2. The number of phosphoric acid groups is 1. The minimum atomic E-state index is -5.71. The Kier molecular flexibility index (Phi) is 7.82. The van der Waals surface area contributed by atoms with E-state index in [9.17, 15) is 33.5 Å². The molecule has 1 aromatic heterocycles. The molecule has 2 heterocycles. The van der Waals surface area contributed by atoms with Gasteiger partial charge in [0.05, 0.1) is 7.82 Å². The molecule has 2 rings (SSSR count). The molecular weight excluding hydrogens is 467 g/mol. The number of H-pyrrole nitrogens is 1. The molecule has 0 saturated carbocycles. The first-order valence-electron chi connectivity index (χ1n) is 10.7. The third kappa shape index (κ3) is 6.70. The molecule has 2 atom stereocenters. The first-order chi connectivity index (χ1) is 15.2. The quantitative estimate of drug-likeness (QED) is 0.404. The number of carbonyl (C=O) groups excluding carboxylic acids is 2.